The summed E-state index contributed by atoms with van der Waals surface area (Å²) >= 11 is 0. The molecule has 11 heteroatoms. The summed E-state index contributed by atoms with van der Waals surface area (Å²) in [6.45, 7) is 1.57. The highest BCUT2D eigenvalue weighted by Gasteiger charge is 2.48. The molecule has 1 aromatic carbocycles. The van der Waals surface area contributed by atoms with Crippen LogP contribution < -0.4 is 21.1 Å². The highest BCUT2D eigenvalue weighted by molar-refractivity contribution is 5.98. The Kier molecular flexibility index (Phi) is 9.11. The molecule has 1 unspecified atom stereocenters. The second kappa shape index (κ2) is 12.7. The smallest absolute Gasteiger partial charge is 0.408 e. The van der Waals surface area contributed by atoms with E-state index in [1.807, 2.05) is 30.3 Å². The molecule has 9 nitrogen and oxygen atoms in total. The lowest BCUT2D eigenvalue weighted by atomic mass is 9.88. The van der Waals surface area contributed by atoms with Crippen LogP contribution in [0.15, 0.2) is 59.5 Å². The third kappa shape index (κ3) is 7.52. The van der Waals surface area contributed by atoms with Gasteiger partial charge in [0.15, 0.2) is 0 Å². The molecule has 1 aromatic heterocycles. The summed E-state index contributed by atoms with van der Waals surface area (Å²) in [4.78, 5) is 33.9. The van der Waals surface area contributed by atoms with Crippen LogP contribution in [0.3, 0.4) is 0 Å². The van der Waals surface area contributed by atoms with Crippen LogP contribution in [0.4, 0.5) is 13.6 Å². The zero-order valence-electron chi connectivity index (χ0n) is 21.9. The summed E-state index contributed by atoms with van der Waals surface area (Å²) < 4.78 is 39.4. The van der Waals surface area contributed by atoms with Gasteiger partial charge in [0.2, 0.25) is 17.8 Å². The molecule has 4 N–H and O–H groups in total. The largest absolute Gasteiger partial charge is 0.481 e. The second-order valence-corrected chi connectivity index (χ2v) is 9.85. The summed E-state index contributed by atoms with van der Waals surface area (Å²) in [5, 5.41) is 5.20. The molecule has 0 saturated heterocycles. The van der Waals surface area contributed by atoms with E-state index < -0.39 is 35.9 Å². The molecular weight excluding hydrogens is 508 g/mol. The Bertz CT molecular complexity index is 1220. The van der Waals surface area contributed by atoms with Gasteiger partial charge in [-0.3, -0.25) is 4.79 Å². The van der Waals surface area contributed by atoms with E-state index in [4.69, 9.17) is 15.2 Å². The van der Waals surface area contributed by atoms with Gasteiger partial charge in [-0.1, -0.05) is 30.3 Å². The summed E-state index contributed by atoms with van der Waals surface area (Å²) in [7, 11) is 1.36. The van der Waals surface area contributed by atoms with Gasteiger partial charge in [0.1, 0.15) is 24.2 Å². The number of benzene rings is 1. The average molecular weight is 542 g/mol. The quantitative estimate of drug-likeness (QED) is 0.344. The third-order valence-electron chi connectivity index (χ3n) is 6.93. The molecule has 39 heavy (non-hydrogen) atoms. The Morgan fingerprint density at radius 3 is 2.46 bits per heavy atom. The van der Waals surface area contributed by atoms with Crippen molar-refractivity contribution in [2.24, 2.45) is 28.5 Å². The molecule has 2 aliphatic carbocycles. The number of methoxy groups -OCH3 is 1. The lowest BCUT2D eigenvalue weighted by Crippen LogP contribution is -2.52. The Balaban J connectivity index is 1.48. The van der Waals surface area contributed by atoms with Crippen LogP contribution in [-0.2, 0) is 16.1 Å². The minimum absolute atomic E-state index is 0.0457. The number of nitrogens with zero attached hydrogens (tertiary/aromatic N) is 2. The lowest BCUT2D eigenvalue weighted by molar-refractivity contribution is -0.124. The predicted octanol–water partition coefficient (Wildman–Crippen LogP) is 4.31. The topological polar surface area (TPSA) is 128 Å². The molecule has 2 aliphatic rings. The Hall–Kier alpha value is -4.02. The minimum Gasteiger partial charge on any atom is -0.481 e. The number of hydrogen-bond donors (Lipinski definition) is 3. The van der Waals surface area contributed by atoms with E-state index in [2.05, 4.69) is 20.6 Å². The normalized spacial score (nSPS) is 17.4. The highest BCUT2D eigenvalue weighted by Crippen LogP contribution is 2.50. The fourth-order valence-electron chi connectivity index (χ4n) is 4.71. The summed E-state index contributed by atoms with van der Waals surface area (Å²) in [5.41, 5.74) is 6.30. The van der Waals surface area contributed by atoms with Crippen molar-refractivity contribution < 1.29 is 27.8 Å². The number of ether oxygens (including phenoxy) is 2. The molecule has 2 saturated carbocycles. The zero-order valence-corrected chi connectivity index (χ0v) is 21.9. The number of allylic oxidation sites excluding steroid dienone is 1. The van der Waals surface area contributed by atoms with Crippen molar-refractivity contribution in [2.45, 2.75) is 51.3 Å². The van der Waals surface area contributed by atoms with Gasteiger partial charge < -0.3 is 25.8 Å². The highest BCUT2D eigenvalue weighted by atomic mass is 19.1. The van der Waals surface area contributed by atoms with Crippen LogP contribution in [-0.4, -0.2) is 36.1 Å². The molecule has 0 radical (unpaired) electrons. The number of alkyl carbamates (subject to hydrolysis) is 1. The number of carbonyl (C=O) groups is 2. The van der Waals surface area contributed by atoms with Gasteiger partial charge in [0.25, 0.3) is 0 Å². The molecule has 2 fully saturated rings. The number of nitrogens with one attached hydrogen (secondary N) is 2. The molecule has 0 aliphatic heterocycles. The maximum absolute atomic E-state index is 15.2. The van der Waals surface area contributed by atoms with Crippen molar-refractivity contribution in [1.82, 2.24) is 15.6 Å². The molecule has 0 bridgehead atoms. The molecule has 2 aromatic rings. The summed E-state index contributed by atoms with van der Waals surface area (Å²) in [5.74, 6) is -1.73. The number of pyridine rings is 1. The maximum atomic E-state index is 15.2. The fourth-order valence-corrected chi connectivity index (χ4v) is 4.71. The molecule has 208 valence electrons. The van der Waals surface area contributed by atoms with Gasteiger partial charge >= 0.3 is 6.09 Å². The molecule has 4 rings (SSSR count). The standard InChI is InChI=1S/C28H33F2N5O4/c1-16(21-12-20(29)14-32-27(21)38-2)33-25(30)22(13-31)34-26(36)24(23(18-8-9-18)19-10-11-19)35-28(37)39-15-17-6-4-3-5-7-17/h3-7,12-14,16,18-19,23-24H,8-11,15,31H2,1-2H3,(H,34,36)(H,35,37)/t16-,24?/m0/s1. The molecule has 2 amide bonds. The van der Waals surface area contributed by atoms with Gasteiger partial charge in [-0.15, -0.1) is 0 Å². The first kappa shape index (κ1) is 28.0. The molecule has 0 spiro atoms. The Morgan fingerprint density at radius 1 is 1.21 bits per heavy atom. The number of carbonyl (C=O) groups excluding carboxylic acids is 2. The van der Waals surface area contributed by atoms with E-state index in [0.29, 0.717) is 11.8 Å². The maximum Gasteiger partial charge on any atom is 0.408 e. The number of rotatable bonds is 12. The van der Waals surface area contributed by atoms with Crippen molar-refractivity contribution in [1.29, 1.82) is 0 Å². The first-order valence-electron chi connectivity index (χ1n) is 12.9. The minimum atomic E-state index is -1.07. The second-order valence-electron chi connectivity index (χ2n) is 9.85. The average Bonchev–Trinajstić information content (AvgIpc) is 3.86. The van der Waals surface area contributed by atoms with Crippen molar-refractivity contribution >= 4 is 18.0 Å². The lowest BCUT2D eigenvalue weighted by Gasteiger charge is -2.27. The van der Waals surface area contributed by atoms with E-state index in [1.54, 1.807) is 0 Å². The SMILES string of the molecule is COc1ncc(F)cc1[C@H](C)N=C(F)C(=CN)NC(=O)C(NC(=O)OCc1ccccc1)C(C1CC1)C1CC1. The summed E-state index contributed by atoms with van der Waals surface area (Å²) in [6.07, 6.45) is 4.97. The van der Waals surface area contributed by atoms with Crippen LogP contribution in [0.25, 0.3) is 0 Å². The first-order chi connectivity index (χ1) is 18.8. The first-order valence-corrected chi connectivity index (χ1v) is 12.9. The van der Waals surface area contributed by atoms with E-state index in [-0.39, 0.29) is 29.7 Å². The van der Waals surface area contributed by atoms with Gasteiger partial charge in [0, 0.05) is 11.8 Å². The zero-order chi connectivity index (χ0) is 27.9. The van der Waals surface area contributed by atoms with E-state index in [9.17, 15) is 14.0 Å². The number of aromatic nitrogens is 1. The van der Waals surface area contributed by atoms with Crippen molar-refractivity contribution in [3.05, 3.63) is 71.4 Å². The predicted molar refractivity (Wildman–Crippen MR) is 141 cm³/mol. The van der Waals surface area contributed by atoms with Crippen LogP contribution in [0.1, 0.15) is 49.8 Å². The molecule has 1 heterocycles. The third-order valence-corrected chi connectivity index (χ3v) is 6.93. The number of amides is 2. The van der Waals surface area contributed by atoms with Gasteiger partial charge in [-0.2, -0.15) is 4.39 Å². The Labute approximate surface area is 225 Å². The monoisotopic (exact) mass is 541 g/mol. The van der Waals surface area contributed by atoms with E-state index in [0.717, 1.165) is 49.7 Å². The van der Waals surface area contributed by atoms with Crippen LogP contribution in [0, 0.1) is 23.6 Å². The van der Waals surface area contributed by atoms with Crippen LogP contribution in [0.2, 0.25) is 0 Å². The van der Waals surface area contributed by atoms with E-state index >= 15 is 4.39 Å². The van der Waals surface area contributed by atoms with Crippen molar-refractivity contribution in [2.75, 3.05) is 7.11 Å². The number of aliphatic imine (C=N–C) groups is 1. The van der Waals surface area contributed by atoms with Gasteiger partial charge in [-0.05, 0) is 62.0 Å². The fraction of sp³-hybridized carbons (Fsp3) is 0.429. The Morgan fingerprint density at radius 2 is 1.87 bits per heavy atom. The van der Waals surface area contributed by atoms with Crippen LogP contribution >= 0.6 is 0 Å². The van der Waals surface area contributed by atoms with E-state index in [1.165, 1.54) is 14.0 Å². The van der Waals surface area contributed by atoms with Crippen molar-refractivity contribution in [3.8, 4) is 5.88 Å². The van der Waals surface area contributed by atoms with Gasteiger partial charge in [0.05, 0.1) is 19.3 Å². The molecular formula is C28H33F2N5O4. The van der Waals surface area contributed by atoms with Crippen molar-refractivity contribution in [3.63, 3.8) is 0 Å². The number of nitrogens with two attached hydrogens (primary N) is 1. The van der Waals surface area contributed by atoms with Gasteiger partial charge in [-0.25, -0.2) is 19.2 Å². The number of halogens is 2. The summed E-state index contributed by atoms with van der Waals surface area (Å²) in [6, 6.07) is 8.48. The van der Waals surface area contributed by atoms with Crippen LogP contribution in [0.5, 0.6) is 5.88 Å². The number of hydrogen-bond acceptors (Lipinski definition) is 7. The molecule has 2 atom stereocenters.